The smallest absolute Gasteiger partial charge is 0.185 e. The molecule has 0 N–H and O–H groups in total. The zero-order chi connectivity index (χ0) is 27.8. The average molecular weight is 568 g/mol. The van der Waals surface area contributed by atoms with Gasteiger partial charge in [0.1, 0.15) is 17.3 Å². The van der Waals surface area contributed by atoms with Crippen LogP contribution in [-0.4, -0.2) is 29.4 Å². The Morgan fingerprint density at radius 2 is 1.48 bits per heavy atom. The number of carbonyl (C=O) groups is 3. The summed E-state index contributed by atoms with van der Waals surface area (Å²) in [6.07, 6.45) is 3.74. The summed E-state index contributed by atoms with van der Waals surface area (Å²) >= 11 is 13.1. The van der Waals surface area contributed by atoms with Gasteiger partial charge in [0.25, 0.3) is 0 Å². The number of anilines is 1. The predicted octanol–water partition coefficient (Wildman–Crippen LogP) is 7.45. The monoisotopic (exact) mass is 567 g/mol. The van der Waals surface area contributed by atoms with E-state index in [4.69, 9.17) is 23.2 Å². The van der Waals surface area contributed by atoms with Crippen molar-refractivity contribution in [2.45, 2.75) is 18.0 Å². The minimum Gasteiger partial charge on any atom is -0.352 e. The molecule has 3 atom stereocenters. The van der Waals surface area contributed by atoms with Crippen LogP contribution in [0.3, 0.4) is 0 Å². The predicted molar refractivity (Wildman–Crippen MR) is 153 cm³/mol. The van der Waals surface area contributed by atoms with Crippen molar-refractivity contribution in [3.8, 4) is 0 Å². The van der Waals surface area contributed by atoms with Crippen LogP contribution in [0.5, 0.6) is 0 Å². The second-order valence-electron chi connectivity index (χ2n) is 10.3. The molecule has 7 heteroatoms. The van der Waals surface area contributed by atoms with Crippen LogP contribution in [0, 0.1) is 11.2 Å². The van der Waals surface area contributed by atoms with Crippen molar-refractivity contribution >= 4 is 52.3 Å². The number of benzene rings is 4. The minimum atomic E-state index is -1.68. The number of fused-ring (bicyclic) bond motifs is 5. The first-order valence-electron chi connectivity index (χ1n) is 12.8. The Bertz CT molecular complexity index is 1750. The molecular weight excluding hydrogens is 548 g/mol. The lowest BCUT2D eigenvalue weighted by atomic mass is 9.64. The van der Waals surface area contributed by atoms with Gasteiger partial charge >= 0.3 is 0 Å². The lowest BCUT2D eigenvalue weighted by Gasteiger charge is -2.37. The summed E-state index contributed by atoms with van der Waals surface area (Å²) in [6.45, 7) is 0. The molecule has 1 aliphatic carbocycles. The third-order valence-corrected chi connectivity index (χ3v) is 8.97. The molecule has 4 aromatic rings. The van der Waals surface area contributed by atoms with Crippen LogP contribution in [0.1, 0.15) is 48.1 Å². The molecule has 0 unspecified atom stereocenters. The van der Waals surface area contributed by atoms with Gasteiger partial charge in [0.15, 0.2) is 17.3 Å². The second kappa shape index (κ2) is 8.98. The number of ketones is 3. The van der Waals surface area contributed by atoms with E-state index in [2.05, 4.69) is 0 Å². The van der Waals surface area contributed by atoms with Gasteiger partial charge in [0.2, 0.25) is 0 Å². The van der Waals surface area contributed by atoms with Crippen molar-refractivity contribution in [2.24, 2.45) is 5.41 Å². The fourth-order valence-electron chi connectivity index (χ4n) is 6.80. The molecule has 4 aromatic carbocycles. The van der Waals surface area contributed by atoms with E-state index in [9.17, 15) is 18.8 Å². The maximum Gasteiger partial charge on any atom is 0.185 e. The summed E-state index contributed by atoms with van der Waals surface area (Å²) in [5, 5.41) is 0.639. The Morgan fingerprint density at radius 3 is 2.15 bits per heavy atom. The third kappa shape index (κ3) is 3.28. The first kappa shape index (κ1) is 24.9. The van der Waals surface area contributed by atoms with Gasteiger partial charge in [-0.1, -0.05) is 83.9 Å². The van der Waals surface area contributed by atoms with Crippen molar-refractivity contribution < 1.29 is 18.8 Å². The number of para-hydroxylation sites is 1. The van der Waals surface area contributed by atoms with Crippen LogP contribution in [0.2, 0.25) is 10.0 Å². The number of hydrogen-bond acceptors (Lipinski definition) is 4. The van der Waals surface area contributed by atoms with Crippen LogP contribution < -0.4 is 4.90 Å². The summed E-state index contributed by atoms with van der Waals surface area (Å²) in [5.74, 6) is -2.49. The van der Waals surface area contributed by atoms with E-state index in [1.165, 1.54) is 24.3 Å². The summed E-state index contributed by atoms with van der Waals surface area (Å²) in [7, 11) is 0. The van der Waals surface area contributed by atoms with Gasteiger partial charge < -0.3 is 4.90 Å². The average Bonchev–Trinajstić information content (AvgIpc) is 3.39. The maximum atomic E-state index is 14.6. The van der Waals surface area contributed by atoms with Gasteiger partial charge in [-0.3, -0.25) is 14.4 Å². The Morgan fingerprint density at radius 1 is 0.825 bits per heavy atom. The first-order chi connectivity index (χ1) is 19.3. The highest BCUT2D eigenvalue weighted by molar-refractivity contribution is 6.36. The maximum absolute atomic E-state index is 14.6. The third-order valence-electron chi connectivity index (χ3n) is 8.41. The molecule has 2 heterocycles. The zero-order valence-electron chi connectivity index (χ0n) is 20.9. The topological polar surface area (TPSA) is 54.5 Å². The normalized spacial score (nSPS) is 21.9. The van der Waals surface area contributed by atoms with E-state index in [1.807, 2.05) is 41.3 Å². The van der Waals surface area contributed by atoms with Crippen LogP contribution in [-0.2, 0) is 0 Å². The molecule has 0 amide bonds. The standard InChI is InChI=1S/C33H20Cl2FNO3/c34-20-12-15-24(25(35)17-20)28-29(30(38)19-9-13-21(36)14-10-19)37-26-8-4-1-5-18(26)11-16-27(37)33(28)31(39)22-6-2-3-7-23(22)32(33)40/h1-17,27-29H/t27-,28+,29-/m1/s1. The van der Waals surface area contributed by atoms with Crippen molar-refractivity contribution in [3.63, 3.8) is 0 Å². The lowest BCUT2D eigenvalue weighted by molar-refractivity contribution is 0.0666. The van der Waals surface area contributed by atoms with E-state index in [0.29, 0.717) is 21.7 Å². The quantitative estimate of drug-likeness (QED) is 0.190. The molecule has 196 valence electrons. The molecular formula is C33H20Cl2FNO3. The van der Waals surface area contributed by atoms with E-state index in [-0.39, 0.29) is 27.9 Å². The molecule has 7 rings (SSSR count). The molecule has 0 saturated carbocycles. The lowest BCUT2D eigenvalue weighted by Crippen LogP contribution is -2.48. The van der Waals surface area contributed by atoms with Gasteiger partial charge in [-0.2, -0.15) is 0 Å². The largest absolute Gasteiger partial charge is 0.352 e. The highest BCUT2D eigenvalue weighted by Crippen LogP contribution is 2.61. The molecule has 1 spiro atoms. The van der Waals surface area contributed by atoms with Gasteiger partial charge in [-0.05, 0) is 53.6 Å². The zero-order valence-corrected chi connectivity index (χ0v) is 22.4. The summed E-state index contributed by atoms with van der Waals surface area (Å²) in [4.78, 5) is 45.6. The van der Waals surface area contributed by atoms with Crippen LogP contribution in [0.4, 0.5) is 10.1 Å². The van der Waals surface area contributed by atoms with E-state index in [1.54, 1.807) is 42.5 Å². The van der Waals surface area contributed by atoms with Gasteiger partial charge in [0, 0.05) is 38.3 Å². The van der Waals surface area contributed by atoms with E-state index in [0.717, 1.165) is 11.3 Å². The summed E-state index contributed by atoms with van der Waals surface area (Å²) < 4.78 is 13.9. The van der Waals surface area contributed by atoms with Gasteiger partial charge in [-0.15, -0.1) is 0 Å². The Balaban J connectivity index is 1.56. The van der Waals surface area contributed by atoms with Crippen LogP contribution in [0.25, 0.3) is 6.08 Å². The molecule has 1 fully saturated rings. The number of carbonyl (C=O) groups excluding carboxylic acids is 3. The highest BCUT2D eigenvalue weighted by atomic mass is 35.5. The number of hydrogen-bond donors (Lipinski definition) is 0. The number of rotatable bonds is 3. The SMILES string of the molecule is O=C(c1ccc(F)cc1)[C@H]1[C@H](c2ccc(Cl)cc2Cl)C2(C(=O)c3ccccc3C2=O)[C@H]2C=Cc3ccccc3N12. The van der Waals surface area contributed by atoms with Gasteiger partial charge in [0.05, 0.1) is 6.04 Å². The fourth-order valence-corrected chi connectivity index (χ4v) is 7.33. The molecule has 4 nitrogen and oxygen atoms in total. The van der Waals surface area contributed by atoms with Crippen molar-refractivity contribution in [3.05, 3.63) is 141 Å². The molecule has 3 aliphatic rings. The van der Waals surface area contributed by atoms with E-state index < -0.39 is 29.2 Å². The Hall–Kier alpha value is -4.06. The molecule has 2 aliphatic heterocycles. The van der Waals surface area contributed by atoms with Crippen LogP contribution in [0.15, 0.2) is 97.1 Å². The summed E-state index contributed by atoms with van der Waals surface area (Å²) in [6, 6.07) is 22.7. The fraction of sp³-hybridized carbons (Fsp3) is 0.121. The van der Waals surface area contributed by atoms with Crippen molar-refractivity contribution in [1.82, 2.24) is 0 Å². The van der Waals surface area contributed by atoms with Crippen LogP contribution >= 0.6 is 23.2 Å². The Labute approximate surface area is 239 Å². The van der Waals surface area contributed by atoms with E-state index >= 15 is 0 Å². The number of nitrogens with zero attached hydrogens (tertiary/aromatic N) is 1. The molecule has 1 saturated heterocycles. The first-order valence-corrected chi connectivity index (χ1v) is 13.6. The molecule has 0 aromatic heterocycles. The molecule has 0 bridgehead atoms. The van der Waals surface area contributed by atoms with Crippen molar-refractivity contribution in [2.75, 3.05) is 4.90 Å². The minimum absolute atomic E-state index is 0.252. The number of halogens is 3. The summed E-state index contributed by atoms with van der Waals surface area (Å²) in [5.41, 5.74) is 1.28. The number of Topliss-reactive ketones (excluding diaryl/α,β-unsaturated/α-hetero) is 3. The highest BCUT2D eigenvalue weighted by Gasteiger charge is 2.71. The Kier molecular flexibility index (Phi) is 5.60. The molecule has 0 radical (unpaired) electrons. The second-order valence-corrected chi connectivity index (χ2v) is 11.1. The van der Waals surface area contributed by atoms with Gasteiger partial charge in [-0.25, -0.2) is 4.39 Å². The molecule has 40 heavy (non-hydrogen) atoms. The van der Waals surface area contributed by atoms with Crippen molar-refractivity contribution in [1.29, 1.82) is 0 Å².